The van der Waals surface area contributed by atoms with Crippen LogP contribution in [0.1, 0.15) is 46.4 Å². The van der Waals surface area contributed by atoms with E-state index in [-0.39, 0.29) is 23.5 Å². The maximum absolute atomic E-state index is 15.3. The monoisotopic (exact) mass is 728 g/mol. The van der Waals surface area contributed by atoms with E-state index in [0.29, 0.717) is 34.8 Å². The van der Waals surface area contributed by atoms with Crippen molar-refractivity contribution in [1.82, 2.24) is 10.2 Å². The van der Waals surface area contributed by atoms with Crippen molar-refractivity contribution in [2.45, 2.75) is 37.8 Å². The van der Waals surface area contributed by atoms with Gasteiger partial charge in [-0.2, -0.15) is 0 Å². The molecular weight excluding hydrogens is 693 g/mol. The topological polar surface area (TPSA) is 105 Å². The molecule has 8 rings (SSSR count). The molecule has 9 heteroatoms. The van der Waals surface area contributed by atoms with Crippen molar-refractivity contribution in [3.63, 3.8) is 0 Å². The van der Waals surface area contributed by atoms with Gasteiger partial charge in [-0.25, -0.2) is 0 Å². The zero-order valence-corrected chi connectivity index (χ0v) is 30.1. The molecule has 6 aromatic rings. The molecule has 2 N–H and O–H groups in total. The van der Waals surface area contributed by atoms with Crippen molar-refractivity contribution in [2.24, 2.45) is 0 Å². The SMILES string of the molecule is O=C1c2c(c(-c3ccccc3)c(-c3ccccc3)c(-c3ccccc3)c2-c2ccccc2)C(=O)N1[C@@H]1CCCC[C@H]1NC(=S)Nc1ccc([N+](=O)[O-])cc1. The number of amides is 2. The van der Waals surface area contributed by atoms with Gasteiger partial charge in [0.15, 0.2) is 5.11 Å². The van der Waals surface area contributed by atoms with Crippen LogP contribution in [0.25, 0.3) is 44.5 Å². The Hall–Kier alpha value is -6.45. The minimum Gasteiger partial charge on any atom is -0.358 e. The molecule has 2 amide bonds. The zero-order valence-electron chi connectivity index (χ0n) is 29.3. The maximum Gasteiger partial charge on any atom is 0.269 e. The van der Waals surface area contributed by atoms with Crippen LogP contribution in [-0.4, -0.2) is 38.8 Å². The number of rotatable bonds is 8. The third kappa shape index (κ3) is 6.43. The Morgan fingerprint density at radius 3 is 1.37 bits per heavy atom. The van der Waals surface area contributed by atoms with Gasteiger partial charge in [-0.15, -0.1) is 0 Å². The number of nitro benzene ring substituents is 1. The van der Waals surface area contributed by atoms with E-state index in [4.69, 9.17) is 12.2 Å². The first-order valence-electron chi connectivity index (χ1n) is 18.1. The van der Waals surface area contributed by atoms with Gasteiger partial charge in [-0.3, -0.25) is 24.6 Å². The fourth-order valence-electron chi connectivity index (χ4n) is 7.98. The molecule has 1 aliphatic heterocycles. The lowest BCUT2D eigenvalue weighted by molar-refractivity contribution is -0.384. The second-order valence-corrected chi connectivity index (χ2v) is 14.0. The van der Waals surface area contributed by atoms with Gasteiger partial charge in [-0.05, 0) is 70.6 Å². The number of hydrogen-bond acceptors (Lipinski definition) is 5. The van der Waals surface area contributed by atoms with E-state index in [1.807, 2.05) is 97.1 Å². The molecule has 1 fully saturated rings. The van der Waals surface area contributed by atoms with E-state index < -0.39 is 11.0 Å². The van der Waals surface area contributed by atoms with Crippen molar-refractivity contribution in [2.75, 3.05) is 5.32 Å². The number of carbonyl (C=O) groups is 2. The number of nitro groups is 1. The number of carbonyl (C=O) groups excluding carboxylic acids is 2. The van der Waals surface area contributed by atoms with Crippen molar-refractivity contribution >= 4 is 40.5 Å². The van der Waals surface area contributed by atoms with Crippen LogP contribution in [0.3, 0.4) is 0 Å². The average Bonchev–Trinajstić information content (AvgIpc) is 3.47. The Morgan fingerprint density at radius 1 is 0.574 bits per heavy atom. The summed E-state index contributed by atoms with van der Waals surface area (Å²) < 4.78 is 0. The van der Waals surface area contributed by atoms with Crippen LogP contribution in [0.4, 0.5) is 11.4 Å². The van der Waals surface area contributed by atoms with Gasteiger partial charge in [0.05, 0.1) is 22.1 Å². The number of anilines is 1. The predicted molar refractivity (Wildman–Crippen MR) is 217 cm³/mol. The summed E-state index contributed by atoms with van der Waals surface area (Å²) in [6.45, 7) is 0. The van der Waals surface area contributed by atoms with Gasteiger partial charge >= 0.3 is 0 Å². The van der Waals surface area contributed by atoms with Gasteiger partial charge in [0.25, 0.3) is 17.5 Å². The van der Waals surface area contributed by atoms with Crippen LogP contribution in [-0.2, 0) is 0 Å². The molecule has 2 atom stereocenters. The van der Waals surface area contributed by atoms with E-state index in [1.165, 1.54) is 17.0 Å². The third-order valence-electron chi connectivity index (χ3n) is 10.3. The van der Waals surface area contributed by atoms with E-state index in [1.54, 1.807) is 12.1 Å². The molecule has 1 heterocycles. The molecule has 0 unspecified atom stereocenters. The Kier molecular flexibility index (Phi) is 9.54. The number of hydrogen-bond donors (Lipinski definition) is 2. The summed E-state index contributed by atoms with van der Waals surface area (Å²) in [6, 6.07) is 45.2. The van der Waals surface area contributed by atoms with Crippen LogP contribution in [0, 0.1) is 10.1 Å². The molecule has 0 spiro atoms. The van der Waals surface area contributed by atoms with Gasteiger partial charge in [0, 0.05) is 35.0 Å². The molecule has 6 aromatic carbocycles. The molecule has 1 saturated carbocycles. The zero-order chi connectivity index (χ0) is 37.2. The van der Waals surface area contributed by atoms with Gasteiger partial charge in [0.2, 0.25) is 0 Å². The maximum atomic E-state index is 15.3. The number of non-ortho nitro benzene ring substituents is 1. The fraction of sp³-hybridized carbons (Fsp3) is 0.133. The van der Waals surface area contributed by atoms with Crippen LogP contribution >= 0.6 is 12.2 Å². The number of nitrogens with one attached hydrogen (secondary N) is 2. The highest BCUT2D eigenvalue weighted by Crippen LogP contribution is 2.52. The number of thiocarbonyl (C=S) groups is 1. The van der Waals surface area contributed by atoms with Gasteiger partial charge in [0.1, 0.15) is 0 Å². The van der Waals surface area contributed by atoms with Gasteiger partial charge in [-0.1, -0.05) is 134 Å². The first-order valence-corrected chi connectivity index (χ1v) is 18.5. The number of nitrogens with zero attached hydrogens (tertiary/aromatic N) is 2. The molecule has 266 valence electrons. The lowest BCUT2D eigenvalue weighted by atomic mass is 9.78. The molecule has 0 saturated heterocycles. The van der Waals surface area contributed by atoms with Gasteiger partial charge < -0.3 is 10.6 Å². The number of fused-ring (bicyclic) bond motifs is 1. The van der Waals surface area contributed by atoms with E-state index in [0.717, 1.165) is 57.3 Å². The minimum absolute atomic E-state index is 0.0204. The molecule has 2 aliphatic rings. The normalized spacial score (nSPS) is 16.5. The number of imide groups is 1. The largest absolute Gasteiger partial charge is 0.358 e. The molecule has 0 aromatic heterocycles. The summed E-state index contributed by atoms with van der Waals surface area (Å²) >= 11 is 5.72. The fourth-order valence-corrected chi connectivity index (χ4v) is 8.25. The van der Waals surface area contributed by atoms with Crippen LogP contribution in [0.15, 0.2) is 146 Å². The second kappa shape index (κ2) is 14.9. The summed E-state index contributed by atoms with van der Waals surface area (Å²) in [5.41, 5.74) is 8.18. The summed E-state index contributed by atoms with van der Waals surface area (Å²) in [5, 5.41) is 18.0. The average molecular weight is 729 g/mol. The Bertz CT molecular complexity index is 2250. The molecule has 1 aliphatic carbocycles. The third-order valence-corrected chi connectivity index (χ3v) is 10.5. The summed E-state index contributed by atoms with van der Waals surface area (Å²) in [5.74, 6) is -0.647. The molecule has 8 nitrogen and oxygen atoms in total. The highest BCUT2D eigenvalue weighted by Gasteiger charge is 2.48. The smallest absolute Gasteiger partial charge is 0.269 e. The number of benzene rings is 6. The predicted octanol–water partition coefficient (Wildman–Crippen LogP) is 10.2. The summed E-state index contributed by atoms with van der Waals surface area (Å²) in [4.78, 5) is 42.8. The summed E-state index contributed by atoms with van der Waals surface area (Å²) in [6.07, 6.45) is 3.06. The molecule has 0 bridgehead atoms. The van der Waals surface area contributed by atoms with Crippen LogP contribution in [0.5, 0.6) is 0 Å². The standard InChI is InChI=1S/C45H36N4O4S/c50-43-41-39(31-19-9-3-10-20-31)37(29-15-5-1-6-16-29)38(30-17-7-2-8-18-30)40(32-21-11-4-12-22-32)42(41)44(51)48(43)36-24-14-13-23-35(36)47-45(54)46-33-25-27-34(28-26-33)49(52)53/h1-12,15-22,25-28,35-36H,13-14,23-24H2,(H2,46,47,54)/t35-,36-/m1/s1. The lowest BCUT2D eigenvalue weighted by Gasteiger charge is -2.37. The Balaban J connectivity index is 1.31. The Morgan fingerprint density at radius 2 is 0.963 bits per heavy atom. The molecule has 54 heavy (non-hydrogen) atoms. The summed E-state index contributed by atoms with van der Waals surface area (Å²) in [7, 11) is 0. The molecular formula is C45H36N4O4S. The van der Waals surface area contributed by atoms with Crippen molar-refractivity contribution < 1.29 is 14.5 Å². The van der Waals surface area contributed by atoms with E-state index in [9.17, 15) is 10.1 Å². The van der Waals surface area contributed by atoms with Crippen LogP contribution < -0.4 is 10.6 Å². The van der Waals surface area contributed by atoms with Crippen molar-refractivity contribution in [3.8, 4) is 44.5 Å². The van der Waals surface area contributed by atoms with Crippen LogP contribution in [0.2, 0.25) is 0 Å². The molecule has 0 radical (unpaired) electrons. The minimum atomic E-state index is -0.477. The van der Waals surface area contributed by atoms with E-state index >= 15 is 9.59 Å². The first-order chi connectivity index (χ1) is 26.4. The first kappa shape index (κ1) is 34.6. The van der Waals surface area contributed by atoms with Crippen molar-refractivity contribution in [3.05, 3.63) is 167 Å². The Labute approximate surface area is 318 Å². The highest BCUT2D eigenvalue weighted by atomic mass is 32.1. The van der Waals surface area contributed by atoms with E-state index in [2.05, 4.69) is 34.9 Å². The highest BCUT2D eigenvalue weighted by molar-refractivity contribution is 7.80. The van der Waals surface area contributed by atoms with Crippen molar-refractivity contribution in [1.29, 1.82) is 0 Å². The second-order valence-electron chi connectivity index (χ2n) is 13.6. The quantitative estimate of drug-likeness (QED) is 0.0696. The lowest BCUT2D eigenvalue weighted by Crippen LogP contribution is -2.55.